The molecule has 0 bridgehead atoms. The molecule has 0 aliphatic rings. The van der Waals surface area contributed by atoms with E-state index in [9.17, 15) is 14.0 Å². The summed E-state index contributed by atoms with van der Waals surface area (Å²) >= 11 is 6.33. The summed E-state index contributed by atoms with van der Waals surface area (Å²) in [5.41, 5.74) is 2.03. The Kier molecular flexibility index (Phi) is 8.68. The quantitative estimate of drug-likeness (QED) is 0.263. The number of nitrogens with one attached hydrogen (secondary N) is 2. The zero-order chi connectivity index (χ0) is 23.6. The van der Waals surface area contributed by atoms with Gasteiger partial charge in [-0.25, -0.2) is 14.4 Å². The lowest BCUT2D eigenvalue weighted by Crippen LogP contribution is -2.18. The zero-order valence-electron chi connectivity index (χ0n) is 17.6. The van der Waals surface area contributed by atoms with Crippen LogP contribution in [0.4, 0.5) is 15.9 Å². The minimum atomic E-state index is -0.858. The predicted octanol–water partition coefficient (Wildman–Crippen LogP) is 4.36. The van der Waals surface area contributed by atoms with E-state index in [1.165, 1.54) is 18.5 Å². The molecular weight excluding hydrogens is 451 g/mol. The summed E-state index contributed by atoms with van der Waals surface area (Å²) in [7, 11) is 0. The lowest BCUT2D eigenvalue weighted by Gasteiger charge is -2.13. The molecule has 0 unspecified atom stereocenters. The summed E-state index contributed by atoms with van der Waals surface area (Å²) in [6.45, 7) is 0.927. The Bertz CT molecular complexity index is 1130. The van der Waals surface area contributed by atoms with Gasteiger partial charge >= 0.3 is 5.97 Å². The monoisotopic (exact) mass is 472 g/mol. The Labute approximate surface area is 194 Å². The topological polar surface area (TPSA) is 113 Å². The second-order valence-electron chi connectivity index (χ2n) is 7.06. The third kappa shape index (κ3) is 7.23. The molecule has 1 heterocycles. The molecule has 1 aromatic heterocycles. The Morgan fingerprint density at radius 3 is 2.79 bits per heavy atom. The summed E-state index contributed by atoms with van der Waals surface area (Å²) < 4.78 is 19.0. The number of aromatic nitrogens is 2. The number of ether oxygens (including phenoxy) is 1. The molecule has 0 saturated heterocycles. The van der Waals surface area contributed by atoms with Crippen molar-refractivity contribution in [2.24, 2.45) is 0 Å². The Morgan fingerprint density at radius 2 is 2.06 bits per heavy atom. The molecule has 0 amide bonds. The highest BCUT2D eigenvalue weighted by Gasteiger charge is 2.12. The maximum Gasteiger partial charge on any atom is 0.303 e. The van der Waals surface area contributed by atoms with Crippen molar-refractivity contribution in [2.45, 2.75) is 26.0 Å². The number of nitrogens with zero attached hydrogens (tertiary/aromatic N) is 2. The van der Waals surface area contributed by atoms with Crippen LogP contribution in [0.3, 0.4) is 0 Å². The van der Waals surface area contributed by atoms with Crippen LogP contribution in [0.25, 0.3) is 0 Å². The maximum atomic E-state index is 13.3. The van der Waals surface area contributed by atoms with E-state index in [4.69, 9.17) is 21.4 Å². The van der Waals surface area contributed by atoms with E-state index in [0.717, 1.165) is 0 Å². The maximum absolute atomic E-state index is 13.3. The number of halogens is 2. The van der Waals surface area contributed by atoms with Crippen molar-refractivity contribution in [1.29, 1.82) is 0 Å². The van der Waals surface area contributed by atoms with Crippen molar-refractivity contribution < 1.29 is 23.8 Å². The number of carbonyl (C=O) groups is 2. The standard InChI is InChI=1S/C23H22ClFN4O4/c24-19-10-17(6-7-21(19)33-13-15-3-1-4-16(25)9-15)29-23-18(12-30)20(27-14-28-23)11-26-8-2-5-22(31)32/h1,3-4,6-7,9-10,12,14,26H,2,5,8,11,13H2,(H,31,32)(H,27,28,29). The first-order valence-electron chi connectivity index (χ1n) is 10.1. The lowest BCUT2D eigenvalue weighted by molar-refractivity contribution is -0.137. The third-order valence-corrected chi connectivity index (χ3v) is 4.89. The van der Waals surface area contributed by atoms with Crippen LogP contribution in [-0.2, 0) is 17.9 Å². The summed E-state index contributed by atoms with van der Waals surface area (Å²) in [5.74, 6) is -0.460. The average Bonchev–Trinajstić information content (AvgIpc) is 2.78. The van der Waals surface area contributed by atoms with Gasteiger partial charge in [0, 0.05) is 18.7 Å². The number of carboxylic acids is 1. The van der Waals surface area contributed by atoms with Crippen molar-refractivity contribution in [3.8, 4) is 5.75 Å². The van der Waals surface area contributed by atoms with E-state index in [-0.39, 0.29) is 24.4 Å². The fourth-order valence-corrected chi connectivity index (χ4v) is 3.22. The van der Waals surface area contributed by atoms with Gasteiger partial charge in [-0.05, 0) is 48.9 Å². The van der Waals surface area contributed by atoms with Crippen molar-refractivity contribution >= 4 is 35.4 Å². The highest BCUT2D eigenvalue weighted by atomic mass is 35.5. The first-order valence-corrected chi connectivity index (χ1v) is 10.5. The first-order chi connectivity index (χ1) is 16.0. The van der Waals surface area contributed by atoms with Gasteiger partial charge in [-0.2, -0.15) is 0 Å². The molecule has 3 N–H and O–H groups in total. The summed E-state index contributed by atoms with van der Waals surface area (Å²) in [6, 6.07) is 11.1. The van der Waals surface area contributed by atoms with Crippen LogP contribution >= 0.6 is 11.6 Å². The Hall–Kier alpha value is -3.56. The molecule has 0 radical (unpaired) electrons. The predicted molar refractivity (Wildman–Crippen MR) is 121 cm³/mol. The zero-order valence-corrected chi connectivity index (χ0v) is 18.3. The average molecular weight is 473 g/mol. The highest BCUT2D eigenvalue weighted by Crippen LogP contribution is 2.30. The van der Waals surface area contributed by atoms with Gasteiger partial charge in [0.2, 0.25) is 0 Å². The minimum absolute atomic E-state index is 0.0623. The second kappa shape index (κ2) is 11.9. The number of carbonyl (C=O) groups excluding carboxylic acids is 1. The number of anilines is 2. The smallest absolute Gasteiger partial charge is 0.303 e. The summed E-state index contributed by atoms with van der Waals surface area (Å²) in [4.78, 5) is 30.5. The van der Waals surface area contributed by atoms with Gasteiger partial charge in [0.1, 0.15) is 30.3 Å². The van der Waals surface area contributed by atoms with Crippen LogP contribution in [-0.4, -0.2) is 33.9 Å². The molecule has 0 aliphatic heterocycles. The van der Waals surface area contributed by atoms with Crippen molar-refractivity contribution in [1.82, 2.24) is 15.3 Å². The van der Waals surface area contributed by atoms with E-state index in [0.29, 0.717) is 59.3 Å². The van der Waals surface area contributed by atoms with E-state index < -0.39 is 5.97 Å². The minimum Gasteiger partial charge on any atom is -0.487 e. The van der Waals surface area contributed by atoms with Crippen molar-refractivity contribution in [3.63, 3.8) is 0 Å². The highest BCUT2D eigenvalue weighted by molar-refractivity contribution is 6.32. The number of aldehydes is 1. The lowest BCUT2D eigenvalue weighted by atomic mass is 10.2. The molecule has 3 rings (SSSR count). The molecule has 33 heavy (non-hydrogen) atoms. The summed E-state index contributed by atoms with van der Waals surface area (Å²) in [5, 5.41) is 15.1. The van der Waals surface area contributed by atoms with E-state index in [1.54, 1.807) is 30.3 Å². The van der Waals surface area contributed by atoms with Gasteiger partial charge in [-0.3, -0.25) is 9.59 Å². The van der Waals surface area contributed by atoms with Gasteiger partial charge in [-0.15, -0.1) is 0 Å². The van der Waals surface area contributed by atoms with E-state index in [2.05, 4.69) is 20.6 Å². The van der Waals surface area contributed by atoms with Crippen LogP contribution in [0, 0.1) is 5.82 Å². The van der Waals surface area contributed by atoms with Crippen molar-refractivity contribution in [2.75, 3.05) is 11.9 Å². The summed E-state index contributed by atoms with van der Waals surface area (Å²) in [6.07, 6.45) is 2.53. The van der Waals surface area contributed by atoms with Crippen LogP contribution in [0.1, 0.15) is 34.5 Å². The van der Waals surface area contributed by atoms with E-state index >= 15 is 0 Å². The van der Waals surface area contributed by atoms with Gasteiger partial charge in [0.15, 0.2) is 6.29 Å². The van der Waals surface area contributed by atoms with Crippen LogP contribution in [0.2, 0.25) is 5.02 Å². The van der Waals surface area contributed by atoms with Crippen LogP contribution < -0.4 is 15.4 Å². The van der Waals surface area contributed by atoms with Crippen molar-refractivity contribution in [3.05, 3.63) is 76.5 Å². The van der Waals surface area contributed by atoms with Gasteiger partial charge in [0.05, 0.1) is 16.3 Å². The molecule has 0 saturated carbocycles. The molecular formula is C23H22ClFN4O4. The largest absolute Gasteiger partial charge is 0.487 e. The molecule has 0 aliphatic carbocycles. The molecule has 10 heteroatoms. The molecule has 0 spiro atoms. The van der Waals surface area contributed by atoms with Gasteiger partial charge in [0.25, 0.3) is 0 Å². The third-order valence-electron chi connectivity index (χ3n) is 4.60. The molecule has 3 aromatic rings. The molecule has 0 fully saturated rings. The van der Waals surface area contributed by atoms with Gasteiger partial charge in [-0.1, -0.05) is 23.7 Å². The second-order valence-corrected chi connectivity index (χ2v) is 7.47. The molecule has 2 aromatic carbocycles. The van der Waals surface area contributed by atoms with Gasteiger partial charge < -0.3 is 20.5 Å². The Morgan fingerprint density at radius 1 is 1.21 bits per heavy atom. The number of aliphatic carboxylic acids is 1. The Balaban J connectivity index is 1.64. The normalized spacial score (nSPS) is 10.6. The number of hydrogen-bond donors (Lipinski definition) is 3. The fraction of sp³-hybridized carbons (Fsp3) is 0.217. The SMILES string of the molecule is O=Cc1c(CNCCCC(=O)O)ncnc1Nc1ccc(OCc2cccc(F)c2)c(Cl)c1. The number of carboxylic acid groups (broad SMARTS) is 1. The molecule has 172 valence electrons. The van der Waals surface area contributed by atoms with E-state index in [1.807, 2.05) is 0 Å². The van der Waals surface area contributed by atoms with Crippen LogP contribution in [0.5, 0.6) is 5.75 Å². The first kappa shape index (κ1) is 24.1. The fourth-order valence-electron chi connectivity index (χ4n) is 2.99. The number of hydrogen-bond acceptors (Lipinski definition) is 7. The molecule has 0 atom stereocenters. The number of benzene rings is 2. The number of rotatable bonds is 12. The van der Waals surface area contributed by atoms with Crippen LogP contribution in [0.15, 0.2) is 48.8 Å². The molecule has 8 nitrogen and oxygen atoms in total.